The van der Waals surface area contributed by atoms with Crippen molar-refractivity contribution in [2.45, 2.75) is 19.9 Å². The molecule has 5 heteroatoms. The molecule has 1 aliphatic heterocycles. The average molecular weight is 302 g/mol. The summed E-state index contributed by atoms with van der Waals surface area (Å²) in [6.45, 7) is 4.48. The highest BCUT2D eigenvalue weighted by atomic mass is 32.1. The van der Waals surface area contributed by atoms with Crippen LogP contribution in [0.1, 0.15) is 24.8 Å². The van der Waals surface area contributed by atoms with Gasteiger partial charge >= 0.3 is 0 Å². The van der Waals surface area contributed by atoms with E-state index >= 15 is 0 Å². The summed E-state index contributed by atoms with van der Waals surface area (Å²) >= 11 is 1.75. The Bertz CT molecular complexity index is 638. The van der Waals surface area contributed by atoms with Crippen molar-refractivity contribution in [1.29, 1.82) is 0 Å². The van der Waals surface area contributed by atoms with E-state index in [9.17, 15) is 4.79 Å². The number of carbonyl (C=O) groups excluding carboxylic acids is 1. The first-order valence-electron chi connectivity index (χ1n) is 7.00. The number of nitrogens with one attached hydrogen (secondary N) is 2. The molecule has 0 spiro atoms. The van der Waals surface area contributed by atoms with Crippen molar-refractivity contribution in [3.63, 3.8) is 0 Å². The standard InChI is InChI=1S/C16H18N2O2S/c1-10(2)16(14-4-3-7-21-14)17-11-5-6-13-12(8-11)18-15(19)9-20-13/h3-8,10,16-17H,9H2,1-2H3,(H,18,19). The fourth-order valence-corrected chi connectivity index (χ4v) is 3.34. The number of thiophene rings is 1. The average Bonchev–Trinajstić information content (AvgIpc) is 2.97. The highest BCUT2D eigenvalue weighted by molar-refractivity contribution is 7.10. The Morgan fingerprint density at radius 2 is 2.19 bits per heavy atom. The van der Waals surface area contributed by atoms with E-state index in [-0.39, 0.29) is 18.6 Å². The minimum absolute atomic E-state index is 0.0869. The van der Waals surface area contributed by atoms with Gasteiger partial charge in [0, 0.05) is 10.6 Å². The van der Waals surface area contributed by atoms with Crippen LogP contribution in [0.5, 0.6) is 5.75 Å². The molecule has 1 aliphatic rings. The van der Waals surface area contributed by atoms with E-state index in [1.807, 2.05) is 18.2 Å². The van der Waals surface area contributed by atoms with Crippen LogP contribution in [0.4, 0.5) is 11.4 Å². The summed E-state index contributed by atoms with van der Waals surface area (Å²) in [5, 5.41) is 8.48. The molecular formula is C16H18N2O2S. The Hall–Kier alpha value is -2.01. The number of ether oxygens (including phenoxy) is 1. The Balaban J connectivity index is 1.83. The van der Waals surface area contributed by atoms with Crippen LogP contribution in [0, 0.1) is 5.92 Å². The van der Waals surface area contributed by atoms with Gasteiger partial charge in [-0.15, -0.1) is 11.3 Å². The number of carbonyl (C=O) groups is 1. The summed E-state index contributed by atoms with van der Waals surface area (Å²) in [5.74, 6) is 1.07. The smallest absolute Gasteiger partial charge is 0.262 e. The third-order valence-corrected chi connectivity index (χ3v) is 4.41. The summed E-state index contributed by atoms with van der Waals surface area (Å²) in [4.78, 5) is 12.7. The van der Waals surface area contributed by atoms with Gasteiger partial charge in [-0.25, -0.2) is 0 Å². The molecule has 0 saturated carbocycles. The van der Waals surface area contributed by atoms with Crippen LogP contribution in [-0.4, -0.2) is 12.5 Å². The molecule has 21 heavy (non-hydrogen) atoms. The van der Waals surface area contributed by atoms with Crippen LogP contribution in [0.2, 0.25) is 0 Å². The second-order valence-corrected chi connectivity index (χ2v) is 6.41. The summed E-state index contributed by atoms with van der Waals surface area (Å²) in [7, 11) is 0. The summed E-state index contributed by atoms with van der Waals surface area (Å²) in [5.41, 5.74) is 1.71. The topological polar surface area (TPSA) is 50.4 Å². The number of hydrogen-bond donors (Lipinski definition) is 2. The largest absolute Gasteiger partial charge is 0.482 e. The Morgan fingerprint density at radius 3 is 2.90 bits per heavy atom. The van der Waals surface area contributed by atoms with Gasteiger partial charge in [0.15, 0.2) is 6.61 Å². The van der Waals surface area contributed by atoms with Gasteiger partial charge in [-0.05, 0) is 35.6 Å². The fraction of sp³-hybridized carbons (Fsp3) is 0.312. The zero-order valence-corrected chi connectivity index (χ0v) is 12.9. The summed E-state index contributed by atoms with van der Waals surface area (Å²) in [6.07, 6.45) is 0. The van der Waals surface area contributed by atoms with Crippen molar-refractivity contribution in [1.82, 2.24) is 0 Å². The lowest BCUT2D eigenvalue weighted by Crippen LogP contribution is -2.25. The molecule has 1 unspecified atom stereocenters. The maximum atomic E-state index is 11.4. The van der Waals surface area contributed by atoms with Crippen LogP contribution < -0.4 is 15.4 Å². The first kappa shape index (κ1) is 13.9. The molecule has 1 amide bonds. The van der Waals surface area contributed by atoms with E-state index in [4.69, 9.17) is 4.74 Å². The van der Waals surface area contributed by atoms with Crippen LogP contribution in [0.25, 0.3) is 0 Å². The monoisotopic (exact) mass is 302 g/mol. The number of fused-ring (bicyclic) bond motifs is 1. The van der Waals surface area contributed by atoms with Crippen LogP contribution >= 0.6 is 11.3 Å². The van der Waals surface area contributed by atoms with Gasteiger partial charge in [-0.3, -0.25) is 4.79 Å². The molecule has 0 bridgehead atoms. The van der Waals surface area contributed by atoms with E-state index in [2.05, 4.69) is 42.0 Å². The van der Waals surface area contributed by atoms with Gasteiger partial charge in [-0.2, -0.15) is 0 Å². The van der Waals surface area contributed by atoms with Crippen molar-refractivity contribution in [2.75, 3.05) is 17.2 Å². The predicted molar refractivity (Wildman–Crippen MR) is 86.1 cm³/mol. The van der Waals surface area contributed by atoms with Gasteiger partial charge in [0.05, 0.1) is 11.7 Å². The number of anilines is 2. The number of amides is 1. The van der Waals surface area contributed by atoms with Crippen molar-refractivity contribution in [3.05, 3.63) is 40.6 Å². The van der Waals surface area contributed by atoms with Gasteiger partial charge in [0.2, 0.25) is 0 Å². The van der Waals surface area contributed by atoms with Gasteiger partial charge in [-0.1, -0.05) is 19.9 Å². The maximum Gasteiger partial charge on any atom is 0.262 e. The normalized spacial score (nSPS) is 15.1. The van der Waals surface area contributed by atoms with Crippen LogP contribution in [0.15, 0.2) is 35.7 Å². The molecule has 0 aliphatic carbocycles. The lowest BCUT2D eigenvalue weighted by Gasteiger charge is -2.24. The minimum Gasteiger partial charge on any atom is -0.482 e. The molecule has 3 rings (SSSR count). The molecule has 1 atom stereocenters. The lowest BCUT2D eigenvalue weighted by atomic mass is 10.0. The first-order valence-corrected chi connectivity index (χ1v) is 7.88. The Labute approximate surface area is 128 Å². The second-order valence-electron chi connectivity index (χ2n) is 5.43. The Kier molecular flexibility index (Phi) is 3.84. The van der Waals surface area contributed by atoms with Crippen molar-refractivity contribution in [2.24, 2.45) is 5.92 Å². The van der Waals surface area contributed by atoms with Gasteiger partial charge in [0.1, 0.15) is 5.75 Å². The van der Waals surface area contributed by atoms with E-state index in [0.29, 0.717) is 5.92 Å². The molecule has 2 aromatic rings. The molecule has 0 radical (unpaired) electrons. The molecule has 1 aromatic heterocycles. The number of rotatable bonds is 4. The highest BCUT2D eigenvalue weighted by Crippen LogP contribution is 2.34. The van der Waals surface area contributed by atoms with Crippen molar-refractivity contribution >= 4 is 28.6 Å². The van der Waals surface area contributed by atoms with Crippen LogP contribution in [-0.2, 0) is 4.79 Å². The highest BCUT2D eigenvalue weighted by Gasteiger charge is 2.19. The third kappa shape index (κ3) is 3.03. The van der Waals surface area contributed by atoms with E-state index < -0.39 is 0 Å². The molecule has 1 aromatic carbocycles. The zero-order chi connectivity index (χ0) is 14.8. The molecule has 110 valence electrons. The first-order chi connectivity index (χ1) is 10.1. The second kappa shape index (κ2) is 5.77. The maximum absolute atomic E-state index is 11.4. The van der Waals surface area contributed by atoms with Gasteiger partial charge in [0.25, 0.3) is 5.91 Å². The minimum atomic E-state index is -0.113. The summed E-state index contributed by atoms with van der Waals surface area (Å²) < 4.78 is 5.38. The van der Waals surface area contributed by atoms with E-state index in [1.54, 1.807) is 11.3 Å². The summed E-state index contributed by atoms with van der Waals surface area (Å²) in [6, 6.07) is 10.3. The molecule has 0 saturated heterocycles. The number of benzene rings is 1. The van der Waals surface area contributed by atoms with Crippen molar-refractivity contribution in [3.8, 4) is 5.75 Å². The third-order valence-electron chi connectivity index (χ3n) is 3.45. The van der Waals surface area contributed by atoms with E-state index in [1.165, 1.54) is 4.88 Å². The number of hydrogen-bond acceptors (Lipinski definition) is 4. The molecule has 2 N–H and O–H groups in total. The molecule has 4 nitrogen and oxygen atoms in total. The molecule has 2 heterocycles. The van der Waals surface area contributed by atoms with Gasteiger partial charge < -0.3 is 15.4 Å². The predicted octanol–water partition coefficient (Wildman–Crippen LogP) is 3.89. The lowest BCUT2D eigenvalue weighted by molar-refractivity contribution is -0.118. The zero-order valence-electron chi connectivity index (χ0n) is 12.1. The fourth-order valence-electron chi connectivity index (χ4n) is 2.39. The van der Waals surface area contributed by atoms with E-state index in [0.717, 1.165) is 17.1 Å². The van der Waals surface area contributed by atoms with Crippen molar-refractivity contribution < 1.29 is 9.53 Å². The quantitative estimate of drug-likeness (QED) is 0.901. The Morgan fingerprint density at radius 1 is 1.33 bits per heavy atom. The SMILES string of the molecule is CC(C)C(Nc1ccc2c(c1)NC(=O)CO2)c1cccs1. The molecule has 0 fully saturated rings. The van der Waals surface area contributed by atoms with Crippen LogP contribution in [0.3, 0.4) is 0 Å². The molecular weight excluding hydrogens is 284 g/mol.